The van der Waals surface area contributed by atoms with Crippen molar-refractivity contribution in [3.63, 3.8) is 0 Å². The minimum Gasteiger partial charge on any atom is -0.265 e. The highest BCUT2D eigenvalue weighted by Crippen LogP contribution is 2.22. The van der Waals surface area contributed by atoms with E-state index in [2.05, 4.69) is 0 Å². The normalized spacial score (nSPS) is 10.2. The molecule has 0 aliphatic rings. The first kappa shape index (κ1) is 10.8. The van der Waals surface area contributed by atoms with Crippen molar-refractivity contribution in [3.8, 4) is 11.1 Å². The van der Waals surface area contributed by atoms with Gasteiger partial charge in [-0.05, 0) is 35.4 Å². The number of hydrogen-bond acceptors (Lipinski definition) is 1. The van der Waals surface area contributed by atoms with E-state index in [0.717, 1.165) is 19.7 Å². The molecule has 0 bridgehead atoms. The minimum absolute atomic E-state index is 0.737. The van der Waals surface area contributed by atoms with E-state index >= 15 is 0 Å². The van der Waals surface area contributed by atoms with Crippen molar-refractivity contribution in [1.82, 2.24) is 0 Å². The Balaban J connectivity index is 2.37. The Morgan fingerprint density at radius 2 is 1.27 bits per heavy atom. The van der Waals surface area contributed by atoms with Gasteiger partial charge in [0.1, 0.15) is 0 Å². The fraction of sp³-hybridized carbons (Fsp3) is 0. The molecule has 0 atom stereocenters. The highest BCUT2D eigenvalue weighted by Gasteiger charge is 1.97. The van der Waals surface area contributed by atoms with Crippen molar-refractivity contribution < 1.29 is 3.07 Å². The summed E-state index contributed by atoms with van der Waals surface area (Å²) < 4.78 is 11.6. The Hall–Kier alpha value is -0.740. The third kappa shape index (κ3) is 2.63. The molecule has 76 valence electrons. The van der Waals surface area contributed by atoms with Crippen LogP contribution >= 0.6 is 32.8 Å². The van der Waals surface area contributed by atoms with Crippen LogP contribution in [0.2, 0.25) is 5.02 Å². The molecule has 0 saturated heterocycles. The van der Waals surface area contributed by atoms with Crippen LogP contribution in [0.25, 0.3) is 11.1 Å². The van der Waals surface area contributed by atoms with Crippen molar-refractivity contribution in [1.29, 1.82) is 0 Å². The van der Waals surface area contributed by atoms with Crippen molar-refractivity contribution in [3.05, 3.63) is 57.1 Å². The van der Waals surface area contributed by atoms with Gasteiger partial charge >= 0.3 is 0 Å². The average molecular weight is 331 g/mol. The van der Waals surface area contributed by atoms with Crippen molar-refractivity contribution >= 4 is 32.8 Å². The Labute approximate surface area is 104 Å². The summed E-state index contributed by atoms with van der Waals surface area (Å²) in [5.74, 6) is 0. The molecule has 15 heavy (non-hydrogen) atoms. The van der Waals surface area contributed by atoms with Crippen LogP contribution in [-0.4, -0.2) is 0 Å². The summed E-state index contributed by atoms with van der Waals surface area (Å²) in [5.41, 5.74) is 2.24. The van der Waals surface area contributed by atoms with Crippen molar-refractivity contribution in [2.45, 2.75) is 0 Å². The van der Waals surface area contributed by atoms with Crippen LogP contribution in [0.1, 0.15) is 0 Å². The van der Waals surface area contributed by atoms with Crippen LogP contribution < -0.4 is 0 Å². The maximum atomic E-state index is 10.7. The van der Waals surface area contributed by atoms with Gasteiger partial charge < -0.3 is 0 Å². The van der Waals surface area contributed by atoms with E-state index in [1.165, 1.54) is 0 Å². The molecule has 3 heteroatoms. The second-order valence-electron chi connectivity index (χ2n) is 3.09. The fourth-order valence-corrected chi connectivity index (χ4v) is 2.12. The predicted molar refractivity (Wildman–Crippen MR) is 70.3 cm³/mol. The molecule has 0 aliphatic heterocycles. The highest BCUT2D eigenvalue weighted by molar-refractivity contribution is 14.1. The first-order chi connectivity index (χ1) is 7.29. The van der Waals surface area contributed by atoms with Crippen LogP contribution in [0.3, 0.4) is 0 Å². The Kier molecular flexibility index (Phi) is 3.49. The topological polar surface area (TPSA) is 17.1 Å². The largest absolute Gasteiger partial charge is 0.265 e. The lowest BCUT2D eigenvalue weighted by Crippen LogP contribution is -1.77. The number of halogens is 2. The van der Waals surface area contributed by atoms with Crippen LogP contribution in [-0.2, 0) is 3.07 Å². The Morgan fingerprint density at radius 1 is 0.800 bits per heavy atom. The maximum Gasteiger partial charge on any atom is 0.182 e. The standard InChI is InChI=1S/C12H8ClIO/c13-11-5-1-9(2-6-11)10-3-7-12(14-15)8-4-10/h1-8H. The molecule has 1 nitrogen and oxygen atoms in total. The van der Waals surface area contributed by atoms with Crippen LogP contribution in [0.4, 0.5) is 0 Å². The zero-order valence-electron chi connectivity index (χ0n) is 7.78. The van der Waals surface area contributed by atoms with Gasteiger partial charge in [-0.3, -0.25) is 3.07 Å². The number of hydrogen-bond donors (Lipinski definition) is 0. The summed E-state index contributed by atoms with van der Waals surface area (Å²) >= 11 is 4.76. The molecule has 0 spiro atoms. The predicted octanol–water partition coefficient (Wildman–Crippen LogP) is 4.49. The maximum absolute atomic E-state index is 10.7. The van der Waals surface area contributed by atoms with E-state index in [0.29, 0.717) is 0 Å². The van der Waals surface area contributed by atoms with Crippen LogP contribution in [0.5, 0.6) is 0 Å². The lowest BCUT2D eigenvalue weighted by molar-refractivity contribution is 0.648. The van der Waals surface area contributed by atoms with Gasteiger partial charge in [0.25, 0.3) is 0 Å². The van der Waals surface area contributed by atoms with Gasteiger partial charge in [0, 0.05) is 8.59 Å². The second-order valence-corrected chi connectivity index (χ2v) is 5.21. The van der Waals surface area contributed by atoms with Gasteiger partial charge in [-0.2, -0.15) is 0 Å². The molecule has 0 aliphatic carbocycles. The van der Waals surface area contributed by atoms with Crippen molar-refractivity contribution in [2.75, 3.05) is 0 Å². The zero-order chi connectivity index (χ0) is 10.7. The van der Waals surface area contributed by atoms with E-state index in [4.69, 9.17) is 11.6 Å². The Morgan fingerprint density at radius 3 is 1.73 bits per heavy atom. The molecule has 2 rings (SSSR count). The lowest BCUT2D eigenvalue weighted by Gasteiger charge is -2.01. The number of rotatable bonds is 2. The van der Waals surface area contributed by atoms with Crippen LogP contribution in [0, 0.1) is 3.57 Å². The zero-order valence-corrected chi connectivity index (χ0v) is 10.7. The third-order valence-electron chi connectivity index (χ3n) is 2.11. The molecule has 2 aromatic rings. The smallest absolute Gasteiger partial charge is 0.182 e. The van der Waals surface area contributed by atoms with Gasteiger partial charge in [0.15, 0.2) is 21.2 Å². The van der Waals surface area contributed by atoms with E-state index in [-0.39, 0.29) is 0 Å². The average Bonchev–Trinajstić information content (AvgIpc) is 2.30. The lowest BCUT2D eigenvalue weighted by atomic mass is 10.1. The molecule has 0 amide bonds. The van der Waals surface area contributed by atoms with E-state index in [1.807, 2.05) is 48.5 Å². The molecule has 0 heterocycles. The molecule has 0 saturated carbocycles. The number of benzene rings is 2. The molecule has 0 N–H and O–H groups in total. The van der Waals surface area contributed by atoms with E-state index < -0.39 is 21.2 Å². The summed E-state index contributed by atoms with van der Waals surface area (Å²) in [7, 11) is 0. The summed E-state index contributed by atoms with van der Waals surface area (Å²) in [4.78, 5) is 0. The second kappa shape index (κ2) is 4.86. The highest BCUT2D eigenvalue weighted by atomic mass is 127. The monoisotopic (exact) mass is 330 g/mol. The van der Waals surface area contributed by atoms with Gasteiger partial charge in [-0.1, -0.05) is 35.9 Å². The first-order valence-corrected chi connectivity index (χ1v) is 6.76. The van der Waals surface area contributed by atoms with Gasteiger partial charge in [-0.25, -0.2) is 0 Å². The van der Waals surface area contributed by atoms with E-state index in [1.54, 1.807) is 0 Å². The van der Waals surface area contributed by atoms with Gasteiger partial charge in [0.05, 0.1) is 0 Å². The molecule has 0 aromatic heterocycles. The van der Waals surface area contributed by atoms with Gasteiger partial charge in [0.2, 0.25) is 0 Å². The van der Waals surface area contributed by atoms with E-state index in [9.17, 15) is 3.07 Å². The first-order valence-electron chi connectivity index (χ1n) is 4.43. The minimum atomic E-state index is -1.05. The summed E-state index contributed by atoms with van der Waals surface area (Å²) in [6.07, 6.45) is 0. The third-order valence-corrected chi connectivity index (χ3v) is 3.59. The summed E-state index contributed by atoms with van der Waals surface area (Å²) in [5, 5.41) is 0.737. The summed E-state index contributed by atoms with van der Waals surface area (Å²) in [6.45, 7) is 0. The summed E-state index contributed by atoms with van der Waals surface area (Å²) in [6, 6.07) is 15.5. The fourth-order valence-electron chi connectivity index (χ4n) is 1.34. The molecule has 0 fully saturated rings. The van der Waals surface area contributed by atoms with Crippen LogP contribution in [0.15, 0.2) is 48.5 Å². The molecular weight excluding hydrogens is 322 g/mol. The molecular formula is C12H8ClIO. The molecule has 0 unspecified atom stereocenters. The molecule has 0 radical (unpaired) electrons. The van der Waals surface area contributed by atoms with Gasteiger partial charge in [-0.15, -0.1) is 0 Å². The Bertz CT molecular complexity index is 462. The molecule has 2 aromatic carbocycles. The quantitative estimate of drug-likeness (QED) is 0.741. The van der Waals surface area contributed by atoms with Crippen molar-refractivity contribution in [2.24, 2.45) is 0 Å². The SMILES string of the molecule is O=Ic1ccc(-c2ccc(Cl)cc2)cc1.